The van der Waals surface area contributed by atoms with Crippen LogP contribution < -0.4 is 5.56 Å². The molecule has 0 spiro atoms. The molecule has 0 fully saturated rings. The Morgan fingerprint density at radius 2 is 0.967 bits per heavy atom. The van der Waals surface area contributed by atoms with E-state index in [1.165, 1.54) is 75.0 Å². The fourth-order valence-corrected chi connectivity index (χ4v) is 11.8. The summed E-state index contributed by atoms with van der Waals surface area (Å²) in [6, 6.07) is 67.6. The van der Waals surface area contributed by atoms with Gasteiger partial charge in [0.2, 0.25) is 0 Å². The van der Waals surface area contributed by atoms with E-state index in [4.69, 9.17) is 0 Å². The molecule has 0 bridgehead atoms. The van der Waals surface area contributed by atoms with Crippen molar-refractivity contribution in [1.82, 2.24) is 13.5 Å². The van der Waals surface area contributed by atoms with Gasteiger partial charge in [-0.15, -0.1) is 11.3 Å². The highest BCUT2D eigenvalue weighted by molar-refractivity contribution is 7.26. The van der Waals surface area contributed by atoms with E-state index in [0.29, 0.717) is 0 Å². The molecular formula is C55H31N3OS. The van der Waals surface area contributed by atoms with Crippen molar-refractivity contribution in [2.24, 2.45) is 0 Å². The summed E-state index contributed by atoms with van der Waals surface area (Å²) in [5.41, 5.74) is 11.4. The van der Waals surface area contributed by atoms with Crippen LogP contribution in [0.3, 0.4) is 0 Å². The number of hydrogen-bond acceptors (Lipinski definition) is 2. The van der Waals surface area contributed by atoms with Gasteiger partial charge in [-0.2, -0.15) is 0 Å². The highest BCUT2D eigenvalue weighted by Gasteiger charge is 2.24. The molecular weight excluding hydrogens is 751 g/mol. The smallest absolute Gasteiger partial charge is 0.263 e. The number of fused-ring (bicyclic) bond motifs is 15. The zero-order valence-electron chi connectivity index (χ0n) is 32.1. The number of rotatable bonds is 3. The quantitative estimate of drug-likeness (QED) is 0.164. The Kier molecular flexibility index (Phi) is 6.28. The number of aromatic nitrogens is 3. The van der Waals surface area contributed by atoms with Crippen LogP contribution in [0.15, 0.2) is 193 Å². The molecule has 60 heavy (non-hydrogen) atoms. The average molecular weight is 782 g/mol. The molecule has 0 aliphatic heterocycles. The minimum Gasteiger partial charge on any atom is -0.307 e. The molecule has 0 atom stereocenters. The van der Waals surface area contributed by atoms with E-state index < -0.39 is 0 Å². The van der Waals surface area contributed by atoms with Gasteiger partial charge in [0.15, 0.2) is 0 Å². The van der Waals surface area contributed by atoms with Crippen LogP contribution in [0.2, 0.25) is 0 Å². The Balaban J connectivity index is 1.06. The van der Waals surface area contributed by atoms with Crippen molar-refractivity contribution in [2.75, 3.05) is 0 Å². The Morgan fingerprint density at radius 1 is 0.383 bits per heavy atom. The highest BCUT2D eigenvalue weighted by atomic mass is 32.1. The number of thiophene rings is 1. The number of hydrogen-bond donors (Lipinski definition) is 0. The topological polar surface area (TPSA) is 31.3 Å². The molecule has 14 rings (SSSR count). The van der Waals surface area contributed by atoms with Crippen molar-refractivity contribution in [3.8, 4) is 22.5 Å². The molecule has 0 amide bonds. The Labute approximate surface area is 345 Å². The van der Waals surface area contributed by atoms with Crippen molar-refractivity contribution in [3.05, 3.63) is 198 Å². The lowest BCUT2D eigenvalue weighted by atomic mass is 9.97. The van der Waals surface area contributed by atoms with Crippen molar-refractivity contribution in [1.29, 1.82) is 0 Å². The predicted molar refractivity (Wildman–Crippen MR) is 254 cm³/mol. The highest BCUT2D eigenvalue weighted by Crippen LogP contribution is 2.47. The van der Waals surface area contributed by atoms with Gasteiger partial charge in [0.1, 0.15) is 0 Å². The fourth-order valence-electron chi connectivity index (χ4n) is 10.5. The van der Waals surface area contributed by atoms with E-state index in [9.17, 15) is 4.79 Å². The first-order valence-corrected chi connectivity index (χ1v) is 21.2. The molecule has 14 aromatic rings. The van der Waals surface area contributed by atoms with Gasteiger partial charge in [-0.1, -0.05) is 133 Å². The average Bonchev–Trinajstić information content (AvgIpc) is 4.05. The van der Waals surface area contributed by atoms with Crippen molar-refractivity contribution >= 4 is 113 Å². The van der Waals surface area contributed by atoms with E-state index in [2.05, 4.69) is 179 Å². The van der Waals surface area contributed by atoms with Crippen LogP contribution in [0, 0.1) is 0 Å². The summed E-state index contributed by atoms with van der Waals surface area (Å²) in [4.78, 5) is 14.1. The predicted octanol–water partition coefficient (Wildman–Crippen LogP) is 14.4. The Hall–Kier alpha value is -7.73. The van der Waals surface area contributed by atoms with E-state index in [1.54, 1.807) is 0 Å². The molecule has 0 saturated carbocycles. The Morgan fingerprint density at radius 3 is 1.75 bits per heavy atom. The first-order chi connectivity index (χ1) is 29.7. The maximum atomic E-state index is 14.1. The summed E-state index contributed by atoms with van der Waals surface area (Å²) in [6.07, 6.45) is 0. The third kappa shape index (κ3) is 4.06. The van der Waals surface area contributed by atoms with Gasteiger partial charge in [-0.3, -0.25) is 9.20 Å². The second-order valence-corrected chi connectivity index (χ2v) is 17.0. The van der Waals surface area contributed by atoms with Gasteiger partial charge in [-0.05, 0) is 71.1 Å². The van der Waals surface area contributed by atoms with E-state index in [0.717, 1.165) is 49.2 Å². The van der Waals surface area contributed by atoms with Gasteiger partial charge in [0.25, 0.3) is 5.56 Å². The maximum absolute atomic E-state index is 14.1. The van der Waals surface area contributed by atoms with Crippen LogP contribution in [0.5, 0.6) is 0 Å². The lowest BCUT2D eigenvalue weighted by Crippen LogP contribution is -2.12. The van der Waals surface area contributed by atoms with Gasteiger partial charge in [-0.25, -0.2) is 0 Å². The first kappa shape index (κ1) is 32.3. The fraction of sp³-hybridized carbons (Fsp3) is 0. The van der Waals surface area contributed by atoms with Gasteiger partial charge < -0.3 is 9.13 Å². The summed E-state index contributed by atoms with van der Waals surface area (Å²) in [6.45, 7) is 0. The van der Waals surface area contributed by atoms with Crippen LogP contribution in [0.4, 0.5) is 0 Å². The lowest BCUT2D eigenvalue weighted by Gasteiger charge is -2.13. The number of pyridine rings is 1. The van der Waals surface area contributed by atoms with Crippen molar-refractivity contribution in [3.63, 3.8) is 0 Å². The monoisotopic (exact) mass is 781 g/mol. The third-order valence-corrected chi connectivity index (χ3v) is 14.2. The molecule has 0 unspecified atom stereocenters. The molecule has 5 heterocycles. The van der Waals surface area contributed by atoms with Crippen LogP contribution >= 0.6 is 11.3 Å². The summed E-state index contributed by atoms with van der Waals surface area (Å²) in [5.74, 6) is 0. The summed E-state index contributed by atoms with van der Waals surface area (Å²) in [5, 5.41) is 12.5. The normalized spacial score (nSPS) is 12.4. The molecule has 0 aliphatic carbocycles. The summed E-state index contributed by atoms with van der Waals surface area (Å²) < 4.78 is 9.40. The molecule has 9 aromatic carbocycles. The molecule has 0 N–H and O–H groups in total. The van der Waals surface area contributed by atoms with Crippen molar-refractivity contribution in [2.45, 2.75) is 0 Å². The molecule has 4 nitrogen and oxygen atoms in total. The van der Waals surface area contributed by atoms with E-state index in [1.807, 2.05) is 33.9 Å². The van der Waals surface area contributed by atoms with Crippen LogP contribution in [0.25, 0.3) is 124 Å². The second kappa shape index (κ2) is 11.7. The van der Waals surface area contributed by atoms with Crippen molar-refractivity contribution < 1.29 is 0 Å². The number of para-hydroxylation sites is 4. The van der Waals surface area contributed by atoms with Gasteiger partial charge in [0, 0.05) is 64.2 Å². The van der Waals surface area contributed by atoms with Gasteiger partial charge >= 0.3 is 0 Å². The van der Waals surface area contributed by atoms with E-state index in [-0.39, 0.29) is 5.56 Å². The molecule has 5 aromatic heterocycles. The molecule has 0 radical (unpaired) electrons. The summed E-state index contributed by atoms with van der Waals surface area (Å²) >= 11 is 1.86. The third-order valence-electron chi connectivity index (χ3n) is 13.0. The van der Waals surface area contributed by atoms with Gasteiger partial charge in [0.05, 0.1) is 43.5 Å². The minimum absolute atomic E-state index is 0.0296. The SMILES string of the molecule is O=c1c2ccccc2c2cccc3c4cc(-c5cccc6sc7c(-n8c9ccccc9c9ccc%10c%11ccccc%11n(-c%11ccccc%11)c%10c98)cccc7c56)ccc4n1c23. The summed E-state index contributed by atoms with van der Waals surface area (Å²) in [7, 11) is 0. The largest absolute Gasteiger partial charge is 0.307 e. The zero-order chi connectivity index (χ0) is 39.2. The lowest BCUT2D eigenvalue weighted by molar-refractivity contribution is 1.16. The number of nitrogens with zero attached hydrogens (tertiary/aromatic N) is 3. The molecule has 0 saturated heterocycles. The van der Waals surface area contributed by atoms with Crippen LogP contribution in [-0.2, 0) is 0 Å². The molecule has 5 heteroatoms. The second-order valence-electron chi connectivity index (χ2n) is 16.0. The molecule has 278 valence electrons. The minimum atomic E-state index is 0.0296. The maximum Gasteiger partial charge on any atom is 0.263 e. The van der Waals surface area contributed by atoms with Crippen LogP contribution in [0.1, 0.15) is 0 Å². The zero-order valence-corrected chi connectivity index (χ0v) is 32.9. The van der Waals surface area contributed by atoms with E-state index >= 15 is 0 Å². The van der Waals surface area contributed by atoms with Crippen LogP contribution in [-0.4, -0.2) is 13.5 Å². The number of benzene rings is 9. The first-order valence-electron chi connectivity index (χ1n) is 20.4. The Bertz CT molecular complexity index is 4200. The molecule has 0 aliphatic rings. The standard InChI is InChI=1S/C55H31N3OS/c59-55-42-18-5-4-15-35(42)38-20-10-21-39-44-31-32(27-30-47(44)58(55)51(38)39)34-19-12-26-49-50(34)43-22-11-25-48(54(43)60-49)57-46-24-9-7-17-37(46)41-29-28-40-36-16-6-8-23-45(36)56(52(40)53(41)57)33-13-2-1-3-14-33/h1-31H.